The van der Waals surface area contributed by atoms with Gasteiger partial charge in [0.2, 0.25) is 0 Å². The molecule has 0 unspecified atom stereocenters. The van der Waals surface area contributed by atoms with Crippen molar-refractivity contribution >= 4 is 41.1 Å². The molecular weight excluding hydrogens is 386 g/mol. The summed E-state index contributed by atoms with van der Waals surface area (Å²) in [6, 6.07) is 10.0. The number of halogens is 3. The molecule has 0 heterocycles. The molecule has 0 aliphatic heterocycles. The van der Waals surface area contributed by atoms with Crippen LogP contribution in [0.2, 0.25) is 5.02 Å². The third kappa shape index (κ3) is 5.37. The van der Waals surface area contributed by atoms with E-state index in [-0.39, 0.29) is 15.8 Å². The number of carboxylic acids is 1. The lowest BCUT2D eigenvalue weighted by molar-refractivity contribution is -0.302. The molecule has 0 radical (unpaired) electrons. The monoisotopic (exact) mass is 397 g/mol. The van der Waals surface area contributed by atoms with Gasteiger partial charge in [0.15, 0.2) is 5.76 Å². The summed E-state index contributed by atoms with van der Waals surface area (Å²) in [5.74, 6) is -2.03. The van der Waals surface area contributed by atoms with E-state index in [1.807, 2.05) is 0 Å². The van der Waals surface area contributed by atoms with Gasteiger partial charge >= 0.3 is 0 Å². The summed E-state index contributed by atoms with van der Waals surface area (Å²) < 4.78 is 23.3. The second-order valence-electron chi connectivity index (χ2n) is 4.74. The van der Waals surface area contributed by atoms with Gasteiger partial charge in [-0.15, -0.1) is 0 Å². The fourth-order valence-corrected chi connectivity index (χ4v) is 2.08. The highest BCUT2D eigenvalue weighted by atomic mass is 35.5. The Morgan fingerprint density at radius 2 is 1.88 bits per heavy atom. The first-order valence-electron chi connectivity index (χ1n) is 7.08. The Kier molecular flexibility index (Phi) is 6.82. The number of carbonyl (C=O) groups excluding carboxylic acids is 1. The van der Waals surface area contributed by atoms with Crippen molar-refractivity contribution < 1.29 is 23.8 Å². The van der Waals surface area contributed by atoms with Crippen molar-refractivity contribution in [1.82, 2.24) is 0 Å². The van der Waals surface area contributed by atoms with Crippen molar-refractivity contribution in [3.63, 3.8) is 0 Å². The lowest BCUT2D eigenvalue weighted by Crippen LogP contribution is -2.28. The highest BCUT2D eigenvalue weighted by Gasteiger charge is 2.08. The summed E-state index contributed by atoms with van der Waals surface area (Å²) in [4.78, 5) is 11.2. The SMILES string of the molecule is COc1ccc(O/C(C(=O)[O-])=C(/Cl)C=NNc2ccc(F)c(Cl)c2)cc1. The first-order chi connectivity index (χ1) is 12.4. The summed E-state index contributed by atoms with van der Waals surface area (Å²) in [5, 5.41) is 14.6. The standard InChI is InChI=1S/C17H13Cl2FN2O4/c1-25-11-3-5-12(6-4-11)26-16(17(23)24)14(19)9-21-22-10-2-7-15(20)13(18)8-10/h2-9,22H,1H3,(H,23,24)/p-1/b16-14+,21-9?. The van der Waals surface area contributed by atoms with Gasteiger partial charge in [-0.25, -0.2) is 4.39 Å². The van der Waals surface area contributed by atoms with E-state index in [2.05, 4.69) is 10.5 Å². The lowest BCUT2D eigenvalue weighted by Gasteiger charge is -2.12. The minimum Gasteiger partial charge on any atom is -0.541 e. The minimum atomic E-state index is -1.62. The number of hydrazone groups is 1. The number of carbonyl (C=O) groups is 1. The molecule has 2 aromatic carbocycles. The summed E-state index contributed by atoms with van der Waals surface area (Å²) in [5.41, 5.74) is 2.91. The Balaban J connectivity index is 2.12. The largest absolute Gasteiger partial charge is 0.541 e. The fraction of sp³-hybridized carbons (Fsp3) is 0.0588. The Bertz CT molecular complexity index is 854. The van der Waals surface area contributed by atoms with Crippen LogP contribution in [0.4, 0.5) is 10.1 Å². The number of carboxylic acid groups (broad SMARTS) is 1. The number of hydrogen-bond donors (Lipinski definition) is 1. The third-order valence-corrected chi connectivity index (χ3v) is 3.53. The first-order valence-corrected chi connectivity index (χ1v) is 7.83. The van der Waals surface area contributed by atoms with Crippen molar-refractivity contribution in [2.75, 3.05) is 12.5 Å². The highest BCUT2D eigenvalue weighted by molar-refractivity contribution is 6.41. The molecular formula is C17H12Cl2FN2O4-. The van der Waals surface area contributed by atoms with Crippen molar-refractivity contribution in [3.05, 3.63) is 64.1 Å². The van der Waals surface area contributed by atoms with Gasteiger partial charge in [-0.05, 0) is 42.5 Å². The van der Waals surface area contributed by atoms with Crippen LogP contribution in [-0.4, -0.2) is 19.3 Å². The van der Waals surface area contributed by atoms with Crippen molar-refractivity contribution in [2.24, 2.45) is 5.10 Å². The molecule has 0 atom stereocenters. The quantitative estimate of drug-likeness (QED) is 0.335. The molecule has 9 heteroatoms. The van der Waals surface area contributed by atoms with Crippen LogP contribution >= 0.6 is 23.2 Å². The van der Waals surface area contributed by atoms with E-state index in [1.54, 1.807) is 12.1 Å². The normalized spacial score (nSPS) is 11.8. The first kappa shape index (κ1) is 19.6. The van der Waals surface area contributed by atoms with Gasteiger partial charge in [0.1, 0.15) is 28.3 Å². The average Bonchev–Trinajstić information content (AvgIpc) is 2.62. The topological polar surface area (TPSA) is 83.0 Å². The molecule has 0 aliphatic rings. The highest BCUT2D eigenvalue weighted by Crippen LogP contribution is 2.21. The maximum Gasteiger partial charge on any atom is 0.170 e. The zero-order valence-electron chi connectivity index (χ0n) is 13.3. The van der Waals surface area contributed by atoms with Crippen LogP contribution in [0.3, 0.4) is 0 Å². The van der Waals surface area contributed by atoms with Crippen LogP contribution in [0.5, 0.6) is 11.5 Å². The van der Waals surface area contributed by atoms with Gasteiger partial charge in [0.05, 0.1) is 24.0 Å². The van der Waals surface area contributed by atoms with Crippen LogP contribution in [0.15, 0.2) is 58.4 Å². The summed E-state index contributed by atoms with van der Waals surface area (Å²) in [6.45, 7) is 0. The number of aliphatic carboxylic acids is 1. The van der Waals surface area contributed by atoms with Gasteiger partial charge in [0, 0.05) is 0 Å². The van der Waals surface area contributed by atoms with E-state index in [4.69, 9.17) is 32.7 Å². The summed E-state index contributed by atoms with van der Waals surface area (Å²) in [6.07, 6.45) is 1.01. The number of benzene rings is 2. The molecule has 0 aliphatic carbocycles. The van der Waals surface area contributed by atoms with E-state index < -0.39 is 17.5 Å². The van der Waals surface area contributed by atoms with Gasteiger partial charge in [0.25, 0.3) is 0 Å². The van der Waals surface area contributed by atoms with Gasteiger partial charge in [-0.2, -0.15) is 5.10 Å². The summed E-state index contributed by atoms with van der Waals surface area (Å²) in [7, 11) is 1.50. The van der Waals surface area contributed by atoms with Crippen molar-refractivity contribution in [1.29, 1.82) is 0 Å². The maximum atomic E-state index is 13.1. The number of methoxy groups -OCH3 is 1. The van der Waals surface area contributed by atoms with Crippen molar-refractivity contribution in [3.8, 4) is 11.5 Å². The second kappa shape index (κ2) is 9.07. The predicted molar refractivity (Wildman–Crippen MR) is 95.0 cm³/mol. The number of nitrogens with zero attached hydrogens (tertiary/aromatic N) is 1. The van der Waals surface area contributed by atoms with E-state index >= 15 is 0 Å². The molecule has 0 aromatic heterocycles. The molecule has 0 bridgehead atoms. The maximum absolute atomic E-state index is 13.1. The van der Waals surface area contributed by atoms with E-state index in [1.165, 1.54) is 31.4 Å². The number of hydrogen-bond acceptors (Lipinski definition) is 6. The molecule has 2 aromatic rings. The number of anilines is 1. The van der Waals surface area contributed by atoms with Crippen LogP contribution in [0.1, 0.15) is 0 Å². The van der Waals surface area contributed by atoms with E-state index in [0.29, 0.717) is 11.4 Å². The predicted octanol–water partition coefficient (Wildman–Crippen LogP) is 3.16. The van der Waals surface area contributed by atoms with E-state index in [0.717, 1.165) is 12.3 Å². The summed E-state index contributed by atoms with van der Waals surface area (Å²) >= 11 is 11.5. The molecule has 0 amide bonds. The molecule has 6 nitrogen and oxygen atoms in total. The number of rotatable bonds is 7. The Morgan fingerprint density at radius 1 is 1.23 bits per heavy atom. The van der Waals surface area contributed by atoms with Crippen LogP contribution < -0.4 is 20.0 Å². The minimum absolute atomic E-state index is 0.0925. The van der Waals surface area contributed by atoms with Gasteiger partial charge < -0.3 is 19.4 Å². The Labute approximate surface area is 158 Å². The lowest BCUT2D eigenvalue weighted by atomic mass is 10.3. The average molecular weight is 398 g/mol. The molecule has 0 saturated carbocycles. The van der Waals surface area contributed by atoms with E-state index in [9.17, 15) is 14.3 Å². The molecule has 0 spiro atoms. The van der Waals surface area contributed by atoms with Gasteiger partial charge in [-0.3, -0.25) is 5.43 Å². The second-order valence-corrected chi connectivity index (χ2v) is 5.56. The fourth-order valence-electron chi connectivity index (χ4n) is 1.74. The smallest absolute Gasteiger partial charge is 0.170 e. The Morgan fingerprint density at radius 3 is 2.46 bits per heavy atom. The number of ether oxygens (including phenoxy) is 2. The van der Waals surface area contributed by atoms with Crippen LogP contribution in [0.25, 0.3) is 0 Å². The zero-order chi connectivity index (χ0) is 19.1. The Hall–Kier alpha value is -2.77. The van der Waals surface area contributed by atoms with Crippen LogP contribution in [0, 0.1) is 5.82 Å². The molecule has 2 rings (SSSR count). The third-order valence-electron chi connectivity index (χ3n) is 2.97. The van der Waals surface area contributed by atoms with Crippen LogP contribution in [-0.2, 0) is 4.79 Å². The molecule has 1 N–H and O–H groups in total. The molecule has 136 valence electrons. The zero-order valence-corrected chi connectivity index (χ0v) is 14.8. The van der Waals surface area contributed by atoms with Crippen molar-refractivity contribution in [2.45, 2.75) is 0 Å². The number of nitrogens with one attached hydrogen (secondary N) is 1. The molecule has 26 heavy (non-hydrogen) atoms. The molecule has 0 fully saturated rings. The number of allylic oxidation sites excluding steroid dienone is 1. The van der Waals surface area contributed by atoms with Gasteiger partial charge in [-0.1, -0.05) is 23.2 Å². The molecule has 0 saturated heterocycles.